The van der Waals surface area contributed by atoms with Gasteiger partial charge in [-0.1, -0.05) is 0 Å². The summed E-state index contributed by atoms with van der Waals surface area (Å²) >= 11 is 1.26. The number of hydrogen-bond donors (Lipinski definition) is 1. The Morgan fingerprint density at radius 3 is 2.62 bits per heavy atom. The monoisotopic (exact) mass is 406 g/mol. The molecule has 0 aliphatic carbocycles. The van der Waals surface area contributed by atoms with Crippen LogP contribution in [-0.4, -0.2) is 24.9 Å². The molecule has 16 heavy (non-hydrogen) atoms. The molecular weight excluding hydrogens is 392 g/mol. The third-order valence-corrected chi connectivity index (χ3v) is 1.95. The van der Waals surface area contributed by atoms with Crippen molar-refractivity contribution >= 4 is 23.6 Å². The molecule has 0 saturated heterocycles. The van der Waals surface area contributed by atoms with E-state index in [-0.39, 0.29) is 34.4 Å². The second-order valence-electron chi connectivity index (χ2n) is 2.48. The van der Waals surface area contributed by atoms with Crippen LogP contribution in [0.3, 0.4) is 0 Å². The molecular formula is C11H14N2OSW. The minimum absolute atomic E-state index is 0. The van der Waals surface area contributed by atoms with Crippen molar-refractivity contribution in [2.24, 2.45) is 4.40 Å². The first-order valence-corrected chi connectivity index (χ1v) is 5.28. The number of amides is 1. The number of nitrogens with one attached hydrogen (secondary N) is 1. The fourth-order valence-electron chi connectivity index (χ4n) is 0.963. The molecule has 0 spiro atoms. The van der Waals surface area contributed by atoms with Gasteiger partial charge in [0.15, 0.2) is 0 Å². The molecule has 0 heterocycles. The summed E-state index contributed by atoms with van der Waals surface area (Å²) in [5.74, 6) is -0.193. The maximum absolute atomic E-state index is 11.4. The minimum Gasteiger partial charge on any atom is -0.362 e. The summed E-state index contributed by atoms with van der Waals surface area (Å²) in [6.45, 7) is 0. The molecule has 1 amide bonds. The summed E-state index contributed by atoms with van der Waals surface area (Å²) in [5.41, 5.74) is 1.11. The number of rotatable bonds is 3. The zero-order valence-corrected chi connectivity index (χ0v) is 13.2. The molecule has 1 aromatic rings. The van der Waals surface area contributed by atoms with Gasteiger partial charge >= 0.3 is 21.1 Å². The molecule has 0 saturated carbocycles. The third-order valence-electron chi connectivity index (χ3n) is 1.59. The molecule has 0 radical (unpaired) electrons. The first kappa shape index (κ1) is 17.8. The van der Waals surface area contributed by atoms with E-state index < -0.39 is 0 Å². The average Bonchev–Trinajstić information content (AvgIpc) is 2.26. The number of carbonyl (C=O) groups is 1. The predicted octanol–water partition coefficient (Wildman–Crippen LogP) is 1.75. The van der Waals surface area contributed by atoms with Crippen molar-refractivity contribution in [2.45, 2.75) is 0 Å². The van der Waals surface area contributed by atoms with Gasteiger partial charge in [0.25, 0.3) is 0 Å². The van der Waals surface area contributed by atoms with Gasteiger partial charge in [0.2, 0.25) is 5.91 Å². The van der Waals surface area contributed by atoms with Crippen LogP contribution in [0, 0.1) is 13.5 Å². The van der Waals surface area contributed by atoms with Gasteiger partial charge in [-0.25, -0.2) is 0 Å². The van der Waals surface area contributed by atoms with Gasteiger partial charge in [-0.2, -0.15) is 0 Å². The van der Waals surface area contributed by atoms with E-state index in [2.05, 4.69) is 15.8 Å². The molecule has 1 N–H and O–H groups in total. The van der Waals surface area contributed by atoms with Crippen LogP contribution in [0.4, 0.5) is 0 Å². The fraction of sp³-hybridized carbons (Fsp3) is 0.182. The minimum atomic E-state index is -0.193. The van der Waals surface area contributed by atoms with E-state index >= 15 is 0 Å². The smallest absolute Gasteiger partial charge is 0.362 e. The van der Waals surface area contributed by atoms with E-state index in [9.17, 15) is 4.79 Å². The Balaban J connectivity index is 0. The number of nitrogens with zero attached hydrogens (tertiary/aromatic N) is 1. The molecule has 0 aliphatic heterocycles. The van der Waals surface area contributed by atoms with Crippen LogP contribution in [0.25, 0.3) is 0 Å². The maximum atomic E-state index is 11.4. The number of benzene rings is 1. The summed E-state index contributed by atoms with van der Waals surface area (Å²) in [6, 6.07) is 10.2. The van der Waals surface area contributed by atoms with E-state index in [0.717, 1.165) is 0 Å². The van der Waals surface area contributed by atoms with Crippen molar-refractivity contribution in [3.05, 3.63) is 43.3 Å². The van der Waals surface area contributed by atoms with E-state index in [1.807, 2.05) is 24.5 Å². The zero-order valence-electron chi connectivity index (χ0n) is 9.48. The summed E-state index contributed by atoms with van der Waals surface area (Å²) in [7, 11) is 1.58. The molecule has 86 valence electrons. The zero-order chi connectivity index (χ0) is 10.4. The van der Waals surface area contributed by atoms with Gasteiger partial charge in [-0.05, 0) is 11.9 Å². The SMILES string of the molecule is CNC(=O)C(=NSC)c1[c-]cccc1.[CH3-].[W+2]. The van der Waals surface area contributed by atoms with E-state index in [1.165, 1.54) is 11.9 Å². The Hall–Kier alpha value is -0.602. The van der Waals surface area contributed by atoms with Gasteiger partial charge in [-0.15, -0.1) is 35.9 Å². The van der Waals surface area contributed by atoms with Gasteiger partial charge in [0.1, 0.15) is 0 Å². The largest absolute Gasteiger partial charge is 2.00 e. The van der Waals surface area contributed by atoms with Crippen LogP contribution in [0.1, 0.15) is 5.56 Å². The standard InChI is InChI=1S/C10H11N2OS.CH3.W/c1-11-10(13)9(12-14-2)8-6-4-3-5-7-8;;/h3-6H,1-2H3,(H,11,13);1H3;/q2*-1;+2. The van der Waals surface area contributed by atoms with Gasteiger partial charge in [-0.3, -0.25) is 9.19 Å². The Bertz CT molecular complexity index is 341. The van der Waals surface area contributed by atoms with Crippen LogP contribution >= 0.6 is 11.9 Å². The topological polar surface area (TPSA) is 41.5 Å². The molecule has 1 aromatic carbocycles. The third kappa shape index (κ3) is 4.95. The van der Waals surface area contributed by atoms with Crippen LogP contribution in [-0.2, 0) is 25.9 Å². The molecule has 0 unspecified atom stereocenters. The molecule has 0 aliphatic rings. The number of carbonyl (C=O) groups excluding carboxylic acids is 1. The van der Waals surface area contributed by atoms with Crippen molar-refractivity contribution in [1.29, 1.82) is 0 Å². The summed E-state index contributed by atoms with van der Waals surface area (Å²) in [5, 5.41) is 2.55. The van der Waals surface area contributed by atoms with Crippen molar-refractivity contribution in [3.63, 3.8) is 0 Å². The Morgan fingerprint density at radius 1 is 1.50 bits per heavy atom. The van der Waals surface area contributed by atoms with Crippen LogP contribution < -0.4 is 5.32 Å². The van der Waals surface area contributed by atoms with Gasteiger partial charge < -0.3 is 12.7 Å². The van der Waals surface area contributed by atoms with Crippen LogP contribution in [0.15, 0.2) is 28.7 Å². The summed E-state index contributed by atoms with van der Waals surface area (Å²) < 4.78 is 4.06. The van der Waals surface area contributed by atoms with Crippen molar-refractivity contribution in [2.75, 3.05) is 13.3 Å². The van der Waals surface area contributed by atoms with Gasteiger partial charge in [0.05, 0.1) is 5.71 Å². The normalized spacial score (nSPS) is 9.75. The van der Waals surface area contributed by atoms with Crippen molar-refractivity contribution in [1.82, 2.24) is 5.32 Å². The Labute approximate surface area is 116 Å². The van der Waals surface area contributed by atoms with Crippen LogP contribution in [0.2, 0.25) is 0 Å². The Morgan fingerprint density at radius 2 is 2.19 bits per heavy atom. The van der Waals surface area contributed by atoms with Crippen molar-refractivity contribution in [3.8, 4) is 0 Å². The maximum Gasteiger partial charge on any atom is 2.00 e. The number of likely N-dealkylation sites (N-methyl/N-ethyl adjacent to an activating group) is 1. The summed E-state index contributed by atoms with van der Waals surface area (Å²) in [4.78, 5) is 11.4. The average molecular weight is 406 g/mol. The van der Waals surface area contributed by atoms with Gasteiger partial charge in [0, 0.05) is 13.3 Å². The second kappa shape index (κ2) is 9.61. The molecule has 1 rings (SSSR count). The predicted molar refractivity (Wildman–Crippen MR) is 65.8 cm³/mol. The van der Waals surface area contributed by atoms with Crippen molar-refractivity contribution < 1.29 is 25.9 Å². The molecule has 0 atom stereocenters. The quantitative estimate of drug-likeness (QED) is 0.472. The Kier molecular flexibility index (Phi) is 10.7. The number of hydrogen-bond acceptors (Lipinski definition) is 3. The molecule has 5 heteroatoms. The summed E-state index contributed by atoms with van der Waals surface area (Å²) in [6.07, 6.45) is 1.81. The second-order valence-corrected chi connectivity index (χ2v) is 3.03. The van der Waals surface area contributed by atoms with E-state index in [4.69, 9.17) is 0 Å². The molecule has 0 fully saturated rings. The molecule has 0 bridgehead atoms. The molecule has 3 nitrogen and oxygen atoms in total. The fourth-order valence-corrected chi connectivity index (χ4v) is 1.33. The van der Waals surface area contributed by atoms with E-state index in [0.29, 0.717) is 11.3 Å². The first-order chi connectivity index (χ1) is 6.79. The van der Waals surface area contributed by atoms with E-state index in [1.54, 1.807) is 13.1 Å². The molecule has 0 aromatic heterocycles. The first-order valence-electron chi connectivity index (χ1n) is 4.10. The van der Waals surface area contributed by atoms with Crippen LogP contribution in [0.5, 0.6) is 0 Å².